The molecular formula is C15H24N2O2. The number of ether oxygens (including phenoxy) is 1. The molecule has 4 nitrogen and oxygen atoms in total. The van der Waals surface area contributed by atoms with Crippen molar-refractivity contribution >= 4 is 5.91 Å². The maximum atomic E-state index is 11.5. The minimum absolute atomic E-state index is 0.0273. The number of aryl methyl sites for hydroxylation is 1. The zero-order chi connectivity index (χ0) is 14.6. The number of hydrogen-bond donors (Lipinski definition) is 1. The number of carbonyl (C=O) groups is 1. The van der Waals surface area contributed by atoms with Gasteiger partial charge in [-0.25, -0.2) is 5.84 Å². The van der Waals surface area contributed by atoms with Gasteiger partial charge < -0.3 is 4.74 Å². The Hall–Kier alpha value is -1.55. The molecule has 0 aliphatic rings. The molecule has 4 heteroatoms. The number of amides is 1. The molecule has 0 heterocycles. The lowest BCUT2D eigenvalue weighted by Gasteiger charge is -2.16. The molecule has 1 rings (SSSR count). The standard InChI is InChI=1S/C15H24N2O2/c1-10-9-14(19-5)12(3)11(2)13(10)7-6-8-15(18)17(4)16/h9H,6-8,16H2,1-5H3. The van der Waals surface area contributed by atoms with Crippen LogP contribution < -0.4 is 10.6 Å². The van der Waals surface area contributed by atoms with E-state index in [1.165, 1.54) is 22.3 Å². The monoisotopic (exact) mass is 264 g/mol. The molecule has 1 aromatic carbocycles. The summed E-state index contributed by atoms with van der Waals surface area (Å²) in [5.41, 5.74) is 4.95. The average Bonchev–Trinajstić information content (AvgIpc) is 2.37. The van der Waals surface area contributed by atoms with Gasteiger partial charge in [0.2, 0.25) is 5.91 Å². The highest BCUT2D eigenvalue weighted by Gasteiger charge is 2.11. The Morgan fingerprint density at radius 2 is 1.95 bits per heavy atom. The fraction of sp³-hybridized carbons (Fsp3) is 0.533. The number of nitrogens with two attached hydrogens (primary N) is 1. The van der Waals surface area contributed by atoms with Crippen LogP contribution in [0.15, 0.2) is 6.07 Å². The van der Waals surface area contributed by atoms with Gasteiger partial charge in [0, 0.05) is 13.5 Å². The Balaban J connectivity index is 2.79. The van der Waals surface area contributed by atoms with Crippen molar-refractivity contribution in [2.24, 2.45) is 5.84 Å². The third-order valence-electron chi connectivity index (χ3n) is 3.64. The van der Waals surface area contributed by atoms with E-state index in [1.807, 2.05) is 0 Å². The van der Waals surface area contributed by atoms with E-state index in [0.717, 1.165) is 23.6 Å². The Labute approximate surface area is 115 Å². The summed E-state index contributed by atoms with van der Waals surface area (Å²) in [5.74, 6) is 6.30. The highest BCUT2D eigenvalue weighted by Crippen LogP contribution is 2.28. The molecule has 0 saturated carbocycles. The van der Waals surface area contributed by atoms with Gasteiger partial charge in [-0.05, 0) is 61.9 Å². The minimum Gasteiger partial charge on any atom is -0.496 e. The molecule has 0 bridgehead atoms. The molecule has 2 N–H and O–H groups in total. The van der Waals surface area contributed by atoms with E-state index >= 15 is 0 Å². The zero-order valence-corrected chi connectivity index (χ0v) is 12.5. The van der Waals surface area contributed by atoms with E-state index in [4.69, 9.17) is 10.6 Å². The number of benzene rings is 1. The van der Waals surface area contributed by atoms with Crippen LogP contribution in [0.1, 0.15) is 35.1 Å². The summed E-state index contributed by atoms with van der Waals surface area (Å²) in [6.07, 6.45) is 2.19. The van der Waals surface area contributed by atoms with Gasteiger partial charge >= 0.3 is 0 Å². The lowest BCUT2D eigenvalue weighted by molar-refractivity contribution is -0.130. The molecule has 0 aromatic heterocycles. The van der Waals surface area contributed by atoms with Crippen LogP contribution in [0.25, 0.3) is 0 Å². The molecular weight excluding hydrogens is 240 g/mol. The van der Waals surface area contributed by atoms with Gasteiger partial charge in [-0.15, -0.1) is 0 Å². The summed E-state index contributed by atoms with van der Waals surface area (Å²) in [6, 6.07) is 2.06. The summed E-state index contributed by atoms with van der Waals surface area (Å²) in [5, 5.41) is 1.15. The second-order valence-corrected chi connectivity index (χ2v) is 4.98. The van der Waals surface area contributed by atoms with Gasteiger partial charge in [0.1, 0.15) is 5.75 Å². The van der Waals surface area contributed by atoms with Crippen molar-refractivity contribution in [3.63, 3.8) is 0 Å². The number of nitrogens with zero attached hydrogens (tertiary/aromatic N) is 1. The summed E-state index contributed by atoms with van der Waals surface area (Å²) in [4.78, 5) is 11.5. The molecule has 0 unspecified atom stereocenters. The van der Waals surface area contributed by atoms with Crippen LogP contribution >= 0.6 is 0 Å². The van der Waals surface area contributed by atoms with Gasteiger partial charge in [-0.1, -0.05) is 0 Å². The Kier molecular flexibility index (Phi) is 5.36. The maximum absolute atomic E-state index is 11.5. The second kappa shape index (κ2) is 6.57. The van der Waals surface area contributed by atoms with Crippen molar-refractivity contribution < 1.29 is 9.53 Å². The van der Waals surface area contributed by atoms with E-state index in [9.17, 15) is 4.79 Å². The molecule has 0 saturated heterocycles. The van der Waals surface area contributed by atoms with Gasteiger partial charge in [0.05, 0.1) is 7.11 Å². The van der Waals surface area contributed by atoms with E-state index in [-0.39, 0.29) is 5.91 Å². The van der Waals surface area contributed by atoms with Gasteiger partial charge in [0.15, 0.2) is 0 Å². The summed E-state index contributed by atoms with van der Waals surface area (Å²) in [6.45, 7) is 6.26. The fourth-order valence-corrected chi connectivity index (χ4v) is 2.29. The molecule has 0 aliphatic carbocycles. The Bertz CT molecular complexity index is 468. The summed E-state index contributed by atoms with van der Waals surface area (Å²) < 4.78 is 5.36. The predicted octanol–water partition coefficient (Wildman–Crippen LogP) is 2.28. The van der Waals surface area contributed by atoms with Gasteiger partial charge in [-0.2, -0.15) is 0 Å². The number of rotatable bonds is 5. The highest BCUT2D eigenvalue weighted by molar-refractivity contribution is 5.75. The van der Waals surface area contributed by atoms with E-state index in [0.29, 0.717) is 6.42 Å². The number of hydrogen-bond acceptors (Lipinski definition) is 3. The van der Waals surface area contributed by atoms with Crippen molar-refractivity contribution in [3.05, 3.63) is 28.3 Å². The maximum Gasteiger partial charge on any atom is 0.236 e. The van der Waals surface area contributed by atoms with Gasteiger partial charge in [0.25, 0.3) is 0 Å². The molecule has 1 aromatic rings. The van der Waals surface area contributed by atoms with Crippen molar-refractivity contribution in [3.8, 4) is 5.75 Å². The van der Waals surface area contributed by atoms with Crippen LogP contribution in [0.2, 0.25) is 0 Å². The molecule has 0 radical (unpaired) electrons. The first-order valence-corrected chi connectivity index (χ1v) is 6.53. The summed E-state index contributed by atoms with van der Waals surface area (Å²) >= 11 is 0. The predicted molar refractivity (Wildman–Crippen MR) is 77.1 cm³/mol. The van der Waals surface area contributed by atoms with E-state index in [1.54, 1.807) is 14.2 Å². The topological polar surface area (TPSA) is 55.6 Å². The molecule has 0 aliphatic heterocycles. The molecule has 19 heavy (non-hydrogen) atoms. The van der Waals surface area contributed by atoms with Crippen LogP contribution in [0, 0.1) is 20.8 Å². The highest BCUT2D eigenvalue weighted by atomic mass is 16.5. The fourth-order valence-electron chi connectivity index (χ4n) is 2.29. The molecule has 0 spiro atoms. The van der Waals surface area contributed by atoms with Crippen molar-refractivity contribution in [1.82, 2.24) is 5.01 Å². The average molecular weight is 264 g/mol. The van der Waals surface area contributed by atoms with Crippen LogP contribution in [0.4, 0.5) is 0 Å². The molecule has 106 valence electrons. The normalized spacial score (nSPS) is 10.4. The number of carbonyl (C=O) groups excluding carboxylic acids is 1. The quantitative estimate of drug-likeness (QED) is 0.504. The summed E-state index contributed by atoms with van der Waals surface area (Å²) in [7, 11) is 3.27. The largest absolute Gasteiger partial charge is 0.496 e. The lowest BCUT2D eigenvalue weighted by Crippen LogP contribution is -2.32. The number of methoxy groups -OCH3 is 1. The SMILES string of the molecule is COc1cc(C)c(CCCC(=O)N(C)N)c(C)c1C. The van der Waals surface area contributed by atoms with Crippen molar-refractivity contribution in [1.29, 1.82) is 0 Å². The van der Waals surface area contributed by atoms with Crippen LogP contribution in [-0.4, -0.2) is 25.1 Å². The number of hydrazine groups is 1. The third kappa shape index (κ3) is 3.70. The Morgan fingerprint density at radius 3 is 2.47 bits per heavy atom. The first-order valence-electron chi connectivity index (χ1n) is 6.53. The van der Waals surface area contributed by atoms with E-state index in [2.05, 4.69) is 26.8 Å². The van der Waals surface area contributed by atoms with Crippen LogP contribution in [-0.2, 0) is 11.2 Å². The zero-order valence-electron chi connectivity index (χ0n) is 12.5. The smallest absolute Gasteiger partial charge is 0.236 e. The Morgan fingerprint density at radius 1 is 1.32 bits per heavy atom. The third-order valence-corrected chi connectivity index (χ3v) is 3.64. The first kappa shape index (κ1) is 15.5. The van der Waals surface area contributed by atoms with Gasteiger partial charge in [-0.3, -0.25) is 9.80 Å². The van der Waals surface area contributed by atoms with Crippen molar-refractivity contribution in [2.45, 2.75) is 40.0 Å². The molecule has 0 atom stereocenters. The second-order valence-electron chi connectivity index (χ2n) is 4.98. The van der Waals surface area contributed by atoms with Crippen LogP contribution in [0.5, 0.6) is 5.75 Å². The molecule has 1 amide bonds. The molecule has 0 fully saturated rings. The van der Waals surface area contributed by atoms with Crippen LogP contribution in [0.3, 0.4) is 0 Å². The van der Waals surface area contributed by atoms with E-state index < -0.39 is 0 Å². The van der Waals surface area contributed by atoms with Crippen molar-refractivity contribution in [2.75, 3.05) is 14.2 Å². The first-order chi connectivity index (χ1) is 8.88. The minimum atomic E-state index is -0.0273. The lowest BCUT2D eigenvalue weighted by atomic mass is 9.93.